The van der Waals surface area contributed by atoms with E-state index in [4.69, 9.17) is 0 Å². The highest BCUT2D eigenvalue weighted by Gasteiger charge is 2.31. The second kappa shape index (κ2) is 4.84. The fourth-order valence-corrected chi connectivity index (χ4v) is 2.60. The highest BCUT2D eigenvalue weighted by Crippen LogP contribution is 2.34. The lowest BCUT2D eigenvalue weighted by molar-refractivity contribution is -0.137. The quantitative estimate of drug-likeness (QED) is 0.564. The summed E-state index contributed by atoms with van der Waals surface area (Å²) >= 11 is 3.32. The maximum absolute atomic E-state index is 12.9. The van der Waals surface area contributed by atoms with Gasteiger partial charge in [0.15, 0.2) is 0 Å². The Labute approximate surface area is 125 Å². The summed E-state index contributed by atoms with van der Waals surface area (Å²) in [7, 11) is 0. The maximum atomic E-state index is 12.9. The molecule has 0 bridgehead atoms. The number of fused-ring (bicyclic) bond motifs is 1. The minimum Gasteiger partial charge on any atom is -0.239 e. The van der Waals surface area contributed by atoms with Gasteiger partial charge in [-0.05, 0) is 52.3 Å². The molecule has 0 atom stereocenters. The van der Waals surface area contributed by atoms with Gasteiger partial charge in [-0.3, -0.25) is 0 Å². The van der Waals surface area contributed by atoms with Crippen molar-refractivity contribution < 1.29 is 17.6 Å². The molecule has 2 nitrogen and oxygen atoms in total. The van der Waals surface area contributed by atoms with Crippen molar-refractivity contribution in [1.82, 2.24) is 9.61 Å². The van der Waals surface area contributed by atoms with Crippen LogP contribution in [0.25, 0.3) is 16.8 Å². The molecule has 21 heavy (non-hydrogen) atoms. The van der Waals surface area contributed by atoms with Crippen molar-refractivity contribution in [2.45, 2.75) is 6.18 Å². The van der Waals surface area contributed by atoms with Gasteiger partial charge in [0, 0.05) is 11.8 Å². The van der Waals surface area contributed by atoms with Gasteiger partial charge in [0.2, 0.25) is 0 Å². The molecule has 7 heteroatoms. The molecule has 2 aromatic heterocycles. The van der Waals surface area contributed by atoms with Crippen LogP contribution >= 0.6 is 15.9 Å². The molecule has 3 rings (SSSR count). The van der Waals surface area contributed by atoms with Crippen LogP contribution in [0.3, 0.4) is 0 Å². The number of pyridine rings is 1. The van der Waals surface area contributed by atoms with E-state index in [9.17, 15) is 17.6 Å². The number of halogens is 5. The van der Waals surface area contributed by atoms with E-state index in [1.54, 1.807) is 0 Å². The van der Waals surface area contributed by atoms with Gasteiger partial charge in [0.05, 0.1) is 15.6 Å². The maximum Gasteiger partial charge on any atom is 0.417 e. The summed E-state index contributed by atoms with van der Waals surface area (Å²) < 4.78 is 52.7. The fraction of sp³-hybridized carbons (Fsp3) is 0.0714. The Kier molecular flexibility index (Phi) is 3.24. The zero-order valence-electron chi connectivity index (χ0n) is 10.3. The lowest BCUT2D eigenvalue weighted by atomic mass is 10.1. The Hall–Kier alpha value is -1.89. The predicted molar refractivity (Wildman–Crippen MR) is 73.3 cm³/mol. The Morgan fingerprint density at radius 2 is 1.67 bits per heavy atom. The second-order valence-electron chi connectivity index (χ2n) is 4.41. The fourth-order valence-electron chi connectivity index (χ4n) is 1.98. The van der Waals surface area contributed by atoms with Gasteiger partial charge < -0.3 is 0 Å². The van der Waals surface area contributed by atoms with E-state index in [0.29, 0.717) is 21.2 Å². The minimum absolute atomic E-state index is 0.391. The van der Waals surface area contributed by atoms with E-state index in [0.717, 1.165) is 16.8 Å². The molecule has 108 valence electrons. The summed E-state index contributed by atoms with van der Waals surface area (Å²) in [5, 5.41) is 4.13. The van der Waals surface area contributed by atoms with E-state index in [1.165, 1.54) is 30.3 Å². The first-order valence-electron chi connectivity index (χ1n) is 5.87. The van der Waals surface area contributed by atoms with E-state index < -0.39 is 17.6 Å². The average Bonchev–Trinajstić information content (AvgIpc) is 2.76. The number of alkyl halides is 3. The van der Waals surface area contributed by atoms with Crippen molar-refractivity contribution in [2.24, 2.45) is 0 Å². The molecule has 0 spiro atoms. The number of nitrogens with zero attached hydrogens (tertiary/aromatic N) is 2. The summed E-state index contributed by atoms with van der Waals surface area (Å²) in [5.41, 5.74) is 0.785. The molecule has 1 aromatic carbocycles. The number of hydrogen-bond donors (Lipinski definition) is 0. The van der Waals surface area contributed by atoms with Crippen molar-refractivity contribution in [3.8, 4) is 11.3 Å². The van der Waals surface area contributed by atoms with E-state index >= 15 is 0 Å². The second-order valence-corrected chi connectivity index (χ2v) is 5.21. The van der Waals surface area contributed by atoms with Crippen molar-refractivity contribution in [3.05, 3.63) is 58.4 Å². The van der Waals surface area contributed by atoms with Gasteiger partial charge in [0.1, 0.15) is 11.5 Å². The molecule has 0 saturated heterocycles. The third kappa shape index (κ3) is 2.53. The largest absolute Gasteiger partial charge is 0.417 e. The van der Waals surface area contributed by atoms with Crippen LogP contribution in [0.2, 0.25) is 0 Å². The van der Waals surface area contributed by atoms with Crippen LogP contribution in [-0.4, -0.2) is 9.61 Å². The van der Waals surface area contributed by atoms with Crippen LogP contribution < -0.4 is 0 Å². The van der Waals surface area contributed by atoms with Crippen LogP contribution in [0.5, 0.6) is 0 Å². The highest BCUT2D eigenvalue weighted by molar-refractivity contribution is 9.10. The topological polar surface area (TPSA) is 17.3 Å². The molecule has 3 aromatic rings. The highest BCUT2D eigenvalue weighted by atomic mass is 79.9. The standard InChI is InChI=1S/C14H7BrF4N2/c15-12-11-6-3-9(14(17,18)19)7-21(11)20-13(12)8-1-4-10(16)5-2-8/h1-7H. The van der Waals surface area contributed by atoms with E-state index in [2.05, 4.69) is 21.0 Å². The first-order valence-corrected chi connectivity index (χ1v) is 6.66. The Morgan fingerprint density at radius 1 is 1.00 bits per heavy atom. The minimum atomic E-state index is -4.43. The molecule has 0 aliphatic rings. The predicted octanol–water partition coefficient (Wildman–Crippen LogP) is 4.92. The van der Waals surface area contributed by atoms with Crippen LogP contribution in [0.4, 0.5) is 17.6 Å². The Bertz CT molecular complexity index is 806. The molecular formula is C14H7BrF4N2. The Morgan fingerprint density at radius 3 is 2.29 bits per heavy atom. The molecule has 0 aliphatic heterocycles. The first kappa shape index (κ1) is 14.1. The number of rotatable bonds is 1. The molecular weight excluding hydrogens is 352 g/mol. The average molecular weight is 359 g/mol. The van der Waals surface area contributed by atoms with Gasteiger partial charge in [-0.15, -0.1) is 0 Å². The molecule has 0 unspecified atom stereocenters. The van der Waals surface area contributed by atoms with E-state index in [1.807, 2.05) is 0 Å². The van der Waals surface area contributed by atoms with Gasteiger partial charge >= 0.3 is 6.18 Å². The normalized spacial score (nSPS) is 12.0. The van der Waals surface area contributed by atoms with Crippen LogP contribution in [-0.2, 0) is 6.18 Å². The monoisotopic (exact) mass is 358 g/mol. The molecule has 0 radical (unpaired) electrons. The SMILES string of the molecule is Fc1ccc(-c2nn3cc(C(F)(F)F)ccc3c2Br)cc1. The number of benzene rings is 1. The lowest BCUT2D eigenvalue weighted by Gasteiger charge is -2.05. The molecule has 0 fully saturated rings. The van der Waals surface area contributed by atoms with E-state index in [-0.39, 0.29) is 0 Å². The summed E-state index contributed by atoms with van der Waals surface area (Å²) in [6.45, 7) is 0. The van der Waals surface area contributed by atoms with Gasteiger partial charge in [-0.25, -0.2) is 8.91 Å². The van der Waals surface area contributed by atoms with Crippen LogP contribution in [0, 0.1) is 5.82 Å². The molecule has 2 heterocycles. The summed E-state index contributed by atoms with van der Waals surface area (Å²) in [6, 6.07) is 7.92. The lowest BCUT2D eigenvalue weighted by Crippen LogP contribution is -2.06. The van der Waals surface area contributed by atoms with Gasteiger partial charge in [-0.1, -0.05) is 0 Å². The smallest absolute Gasteiger partial charge is 0.239 e. The third-order valence-electron chi connectivity index (χ3n) is 3.01. The van der Waals surface area contributed by atoms with Crippen LogP contribution in [0.15, 0.2) is 47.1 Å². The summed E-state index contributed by atoms with van der Waals surface area (Å²) in [4.78, 5) is 0. The summed E-state index contributed by atoms with van der Waals surface area (Å²) in [5.74, 6) is -0.391. The van der Waals surface area contributed by atoms with Gasteiger partial charge in [0.25, 0.3) is 0 Å². The third-order valence-corrected chi connectivity index (χ3v) is 3.80. The van der Waals surface area contributed by atoms with Crippen molar-refractivity contribution in [2.75, 3.05) is 0 Å². The van der Waals surface area contributed by atoms with Crippen molar-refractivity contribution in [1.29, 1.82) is 0 Å². The van der Waals surface area contributed by atoms with Crippen molar-refractivity contribution >= 4 is 21.4 Å². The number of aromatic nitrogens is 2. The van der Waals surface area contributed by atoms with Gasteiger partial charge in [-0.2, -0.15) is 18.3 Å². The molecule has 0 aliphatic carbocycles. The van der Waals surface area contributed by atoms with Crippen molar-refractivity contribution in [3.63, 3.8) is 0 Å². The van der Waals surface area contributed by atoms with Crippen LogP contribution in [0.1, 0.15) is 5.56 Å². The molecule has 0 amide bonds. The molecule has 0 saturated carbocycles. The zero-order chi connectivity index (χ0) is 15.2. The zero-order valence-corrected chi connectivity index (χ0v) is 11.9. The Balaban J connectivity index is 2.17. The first-order chi connectivity index (χ1) is 9.86. The number of hydrogen-bond acceptors (Lipinski definition) is 1. The molecule has 0 N–H and O–H groups in total. The summed E-state index contributed by atoms with van der Waals surface area (Å²) in [6.07, 6.45) is -3.50.